The Hall–Kier alpha value is -2.63. The van der Waals surface area contributed by atoms with E-state index in [-0.39, 0.29) is 5.79 Å². The number of aromatic nitrogens is 1. The summed E-state index contributed by atoms with van der Waals surface area (Å²) < 4.78 is 11.9. The zero-order valence-corrected chi connectivity index (χ0v) is 17.1. The number of hydrogen-bond donors (Lipinski definition) is 1. The molecule has 0 radical (unpaired) electrons. The molecular formula is C25H27N3O2. The summed E-state index contributed by atoms with van der Waals surface area (Å²) in [5, 5.41) is 6.07. The molecule has 1 aromatic heterocycles. The second-order valence-corrected chi connectivity index (χ2v) is 8.60. The molecule has 0 unspecified atom stereocenters. The van der Waals surface area contributed by atoms with Crippen molar-refractivity contribution in [1.82, 2.24) is 4.98 Å². The lowest BCUT2D eigenvalue weighted by molar-refractivity contribution is -0.178. The molecule has 2 aliphatic heterocycles. The van der Waals surface area contributed by atoms with Crippen molar-refractivity contribution in [3.63, 3.8) is 0 Å². The second kappa shape index (κ2) is 7.25. The van der Waals surface area contributed by atoms with Gasteiger partial charge in [-0.3, -0.25) is 0 Å². The van der Waals surface area contributed by atoms with Crippen LogP contribution >= 0.6 is 0 Å². The Labute approximate surface area is 177 Å². The minimum atomic E-state index is -0.299. The molecule has 1 spiro atoms. The molecule has 1 N–H and O–H groups in total. The van der Waals surface area contributed by atoms with E-state index in [1.807, 2.05) is 18.2 Å². The third-order valence-corrected chi connectivity index (χ3v) is 6.91. The van der Waals surface area contributed by atoms with Crippen molar-refractivity contribution < 1.29 is 9.47 Å². The quantitative estimate of drug-likeness (QED) is 0.667. The molecule has 30 heavy (non-hydrogen) atoms. The van der Waals surface area contributed by atoms with Crippen molar-refractivity contribution in [2.24, 2.45) is 0 Å². The lowest BCUT2D eigenvalue weighted by Crippen LogP contribution is -2.46. The summed E-state index contributed by atoms with van der Waals surface area (Å²) in [5.74, 6) is 0.631. The lowest BCUT2D eigenvalue weighted by atomic mass is 9.87. The molecule has 5 nitrogen and oxygen atoms in total. The molecule has 1 saturated heterocycles. The van der Waals surface area contributed by atoms with Gasteiger partial charge in [-0.15, -0.1) is 0 Å². The fourth-order valence-corrected chi connectivity index (χ4v) is 5.42. The molecule has 5 heteroatoms. The molecule has 0 bridgehead atoms. The molecular weight excluding hydrogens is 374 g/mol. The highest BCUT2D eigenvalue weighted by atomic mass is 16.7. The van der Waals surface area contributed by atoms with Crippen LogP contribution in [0.5, 0.6) is 0 Å². The maximum Gasteiger partial charge on any atom is 0.168 e. The molecule has 2 aromatic carbocycles. The average molecular weight is 402 g/mol. The number of hydrogen-bond acceptors (Lipinski definition) is 5. The minimum Gasteiger partial charge on any atom is -0.368 e. The van der Waals surface area contributed by atoms with Crippen molar-refractivity contribution in [1.29, 1.82) is 0 Å². The summed E-state index contributed by atoms with van der Waals surface area (Å²) in [4.78, 5) is 7.40. The first-order valence-corrected chi connectivity index (χ1v) is 11.1. The Morgan fingerprint density at radius 1 is 0.967 bits per heavy atom. The van der Waals surface area contributed by atoms with E-state index in [1.54, 1.807) is 0 Å². The SMILES string of the molecule is c1ccc(Nc2ncc3c4c(cccc24)N(C2CCC4(CC2)OCCO4)CC3)cc1. The molecule has 154 valence electrons. The van der Waals surface area contributed by atoms with Gasteiger partial charge in [-0.05, 0) is 43.0 Å². The number of benzene rings is 2. The lowest BCUT2D eigenvalue weighted by Gasteiger charge is -2.43. The highest BCUT2D eigenvalue weighted by Gasteiger charge is 2.42. The maximum atomic E-state index is 5.95. The Bertz CT molecular complexity index is 1050. The van der Waals surface area contributed by atoms with Crippen molar-refractivity contribution in [3.8, 4) is 0 Å². The van der Waals surface area contributed by atoms with Crippen molar-refractivity contribution in [2.45, 2.75) is 43.9 Å². The normalized spacial score (nSPS) is 20.7. The zero-order chi connectivity index (χ0) is 20.0. The van der Waals surface area contributed by atoms with Crippen molar-refractivity contribution >= 4 is 28.0 Å². The van der Waals surface area contributed by atoms with Crippen molar-refractivity contribution in [3.05, 3.63) is 60.3 Å². The summed E-state index contributed by atoms with van der Waals surface area (Å²) in [6, 6.07) is 17.5. The average Bonchev–Trinajstić information content (AvgIpc) is 3.25. The van der Waals surface area contributed by atoms with Crippen LogP contribution < -0.4 is 10.2 Å². The van der Waals surface area contributed by atoms with Gasteiger partial charge in [-0.25, -0.2) is 4.98 Å². The van der Waals surface area contributed by atoms with E-state index >= 15 is 0 Å². The van der Waals surface area contributed by atoms with Gasteiger partial charge in [0.15, 0.2) is 5.79 Å². The minimum absolute atomic E-state index is 0.299. The highest BCUT2D eigenvalue weighted by Crippen LogP contribution is 2.43. The number of anilines is 3. The molecule has 3 aliphatic rings. The number of nitrogens with one attached hydrogen (secondary N) is 1. The number of rotatable bonds is 3. The summed E-state index contributed by atoms with van der Waals surface area (Å²) in [5.41, 5.74) is 3.76. The zero-order valence-electron chi connectivity index (χ0n) is 17.1. The predicted molar refractivity (Wildman–Crippen MR) is 119 cm³/mol. The van der Waals surface area contributed by atoms with Gasteiger partial charge in [-0.2, -0.15) is 0 Å². The number of para-hydroxylation sites is 1. The predicted octanol–water partition coefficient (Wildman–Crippen LogP) is 5.03. The van der Waals surface area contributed by atoms with Crippen LogP contribution in [0.15, 0.2) is 54.7 Å². The van der Waals surface area contributed by atoms with Gasteiger partial charge in [0.25, 0.3) is 0 Å². The monoisotopic (exact) mass is 401 g/mol. The van der Waals surface area contributed by atoms with Gasteiger partial charge in [-0.1, -0.05) is 30.3 Å². The molecule has 1 aliphatic carbocycles. The second-order valence-electron chi connectivity index (χ2n) is 8.60. The van der Waals surface area contributed by atoms with E-state index in [0.29, 0.717) is 6.04 Å². The fourth-order valence-electron chi connectivity index (χ4n) is 5.42. The Morgan fingerprint density at radius 3 is 2.57 bits per heavy atom. The van der Waals surface area contributed by atoms with Crippen LogP contribution in [-0.4, -0.2) is 36.6 Å². The summed E-state index contributed by atoms with van der Waals surface area (Å²) in [6.45, 7) is 2.54. The highest BCUT2D eigenvalue weighted by molar-refractivity contribution is 6.04. The Balaban J connectivity index is 1.33. The molecule has 1 saturated carbocycles. The van der Waals surface area contributed by atoms with Crippen LogP contribution in [0.4, 0.5) is 17.2 Å². The van der Waals surface area contributed by atoms with E-state index in [0.717, 1.165) is 63.4 Å². The molecule has 0 amide bonds. The van der Waals surface area contributed by atoms with Gasteiger partial charge in [0.2, 0.25) is 0 Å². The maximum absolute atomic E-state index is 5.95. The van der Waals surface area contributed by atoms with Gasteiger partial charge in [0.05, 0.1) is 13.2 Å². The fraction of sp³-hybridized carbons (Fsp3) is 0.400. The van der Waals surface area contributed by atoms with E-state index in [1.165, 1.54) is 22.0 Å². The molecule has 6 rings (SSSR count). The summed E-state index contributed by atoms with van der Waals surface area (Å²) >= 11 is 0. The summed E-state index contributed by atoms with van der Waals surface area (Å²) in [7, 11) is 0. The third-order valence-electron chi connectivity index (χ3n) is 6.91. The number of ether oxygens (including phenoxy) is 2. The summed E-state index contributed by atoms with van der Waals surface area (Å²) in [6.07, 6.45) is 7.32. The van der Waals surface area contributed by atoms with E-state index in [2.05, 4.69) is 46.7 Å². The largest absolute Gasteiger partial charge is 0.368 e. The Morgan fingerprint density at radius 2 is 1.77 bits per heavy atom. The molecule has 2 fully saturated rings. The van der Waals surface area contributed by atoms with Gasteiger partial charge >= 0.3 is 0 Å². The van der Waals surface area contributed by atoms with Gasteiger partial charge in [0, 0.05) is 53.8 Å². The topological polar surface area (TPSA) is 46.6 Å². The van der Waals surface area contributed by atoms with Crippen LogP contribution in [0.25, 0.3) is 10.8 Å². The molecule has 3 aromatic rings. The Kier molecular flexibility index (Phi) is 4.39. The van der Waals surface area contributed by atoms with Gasteiger partial charge in [0.1, 0.15) is 5.82 Å². The number of pyridine rings is 1. The van der Waals surface area contributed by atoms with Gasteiger partial charge < -0.3 is 19.7 Å². The van der Waals surface area contributed by atoms with E-state index < -0.39 is 0 Å². The van der Waals surface area contributed by atoms with Crippen LogP contribution in [0.2, 0.25) is 0 Å². The van der Waals surface area contributed by atoms with Crippen LogP contribution in [0.3, 0.4) is 0 Å². The molecule has 3 heterocycles. The molecule has 0 atom stereocenters. The third kappa shape index (κ3) is 3.04. The first-order valence-electron chi connectivity index (χ1n) is 11.1. The van der Waals surface area contributed by atoms with E-state index in [4.69, 9.17) is 14.5 Å². The van der Waals surface area contributed by atoms with Crippen LogP contribution in [0, 0.1) is 0 Å². The smallest absolute Gasteiger partial charge is 0.168 e. The van der Waals surface area contributed by atoms with Crippen LogP contribution in [-0.2, 0) is 15.9 Å². The first-order chi connectivity index (χ1) is 14.8. The van der Waals surface area contributed by atoms with Crippen molar-refractivity contribution in [2.75, 3.05) is 30.0 Å². The van der Waals surface area contributed by atoms with Crippen LogP contribution in [0.1, 0.15) is 31.2 Å². The standard InChI is InChI=1S/C25H27N3O2/c1-2-5-19(6-3-1)27-24-21-7-4-8-22-23(21)18(17-26-24)11-14-28(22)20-9-12-25(13-10-20)29-15-16-30-25/h1-8,17,20H,9-16H2,(H,26,27). The van der Waals surface area contributed by atoms with E-state index in [9.17, 15) is 0 Å². The first kappa shape index (κ1) is 18.2. The number of nitrogens with zero attached hydrogens (tertiary/aromatic N) is 2.